The van der Waals surface area contributed by atoms with Gasteiger partial charge in [-0.1, -0.05) is 57.5 Å². The van der Waals surface area contributed by atoms with Crippen molar-refractivity contribution in [1.82, 2.24) is 4.90 Å². The zero-order valence-electron chi connectivity index (χ0n) is 26.6. The van der Waals surface area contributed by atoms with Crippen molar-refractivity contribution >= 4 is 39.9 Å². The van der Waals surface area contributed by atoms with E-state index >= 15 is 0 Å². The number of ether oxygens (including phenoxy) is 2. The number of amides is 3. The highest BCUT2D eigenvalue weighted by Crippen LogP contribution is 2.65. The zero-order valence-corrected chi connectivity index (χ0v) is 26.6. The second-order valence-electron chi connectivity index (χ2n) is 13.1. The van der Waals surface area contributed by atoms with Crippen LogP contribution in [0, 0.1) is 23.7 Å². The predicted molar refractivity (Wildman–Crippen MR) is 173 cm³/mol. The topological polar surface area (TPSA) is 117 Å². The monoisotopic (exact) mass is 613 g/mol. The largest absolute Gasteiger partial charge is 0.494 e. The fourth-order valence-electron chi connectivity index (χ4n) is 8.05. The molecule has 8 atom stereocenters. The van der Waals surface area contributed by atoms with Gasteiger partial charge in [0.2, 0.25) is 17.7 Å². The molecule has 0 aromatic heterocycles. The fraction of sp³-hybridized carbons (Fsp3) is 0.472. The Morgan fingerprint density at radius 3 is 2.36 bits per heavy atom. The summed E-state index contributed by atoms with van der Waals surface area (Å²) in [6.45, 7) is 10.0. The molecule has 9 heteroatoms. The number of aliphatic hydroxyl groups is 1. The minimum Gasteiger partial charge on any atom is -0.494 e. The first-order chi connectivity index (χ1) is 21.6. The van der Waals surface area contributed by atoms with Gasteiger partial charge in [0.15, 0.2) is 0 Å². The molecule has 3 aliphatic heterocycles. The summed E-state index contributed by atoms with van der Waals surface area (Å²) in [6.07, 6.45) is 1.14. The number of hydrogen-bond acceptors (Lipinski definition) is 6. The quantitative estimate of drug-likeness (QED) is 0.288. The highest BCUT2D eigenvalue weighted by molar-refractivity contribution is 6.06. The maximum Gasteiger partial charge on any atom is 0.250 e. The van der Waals surface area contributed by atoms with Gasteiger partial charge in [-0.05, 0) is 79.3 Å². The van der Waals surface area contributed by atoms with E-state index in [0.717, 1.165) is 10.8 Å². The van der Waals surface area contributed by atoms with Crippen LogP contribution >= 0.6 is 0 Å². The lowest BCUT2D eigenvalue weighted by molar-refractivity contribution is -0.149. The van der Waals surface area contributed by atoms with Crippen molar-refractivity contribution in [2.45, 2.75) is 70.7 Å². The lowest BCUT2D eigenvalue weighted by atomic mass is 9.62. The van der Waals surface area contributed by atoms with Crippen molar-refractivity contribution in [2.24, 2.45) is 23.7 Å². The number of nitrogens with one attached hydrogen (secondary N) is 2. The number of anilines is 2. The standard InChI is InChI=1S/C36H43N3O6/c1-6-21(3)28(20-40)39-31(33(42)38-26-13-12-23-10-8-9-11-24(23)18-26)36-19-22(4)35(5,45-36)29(30(36)34(39)43)32(41)37-25-14-16-27(17-15-25)44-7-2/h8-18,21-22,28-31,40H,6-7,19-20H2,1-5H3,(H,37,41)(H,38,42)/t21-,22?,28-,29+,30-,31?,35-,36?/m0/s1. The van der Waals surface area contributed by atoms with Gasteiger partial charge in [-0.15, -0.1) is 0 Å². The van der Waals surface area contributed by atoms with Crippen LogP contribution in [0.25, 0.3) is 10.8 Å². The summed E-state index contributed by atoms with van der Waals surface area (Å²) in [5.74, 6) is -2.25. The molecule has 3 unspecified atom stereocenters. The molecule has 3 saturated heterocycles. The van der Waals surface area contributed by atoms with Crippen LogP contribution < -0.4 is 15.4 Å². The van der Waals surface area contributed by atoms with Gasteiger partial charge < -0.3 is 30.1 Å². The summed E-state index contributed by atoms with van der Waals surface area (Å²) in [5.41, 5.74) is -1.01. The highest BCUT2D eigenvalue weighted by atomic mass is 16.5. The number of aliphatic hydroxyl groups excluding tert-OH is 1. The third-order valence-corrected chi connectivity index (χ3v) is 10.6. The van der Waals surface area contributed by atoms with Gasteiger partial charge in [0.05, 0.1) is 36.7 Å². The van der Waals surface area contributed by atoms with Crippen LogP contribution in [0.5, 0.6) is 5.75 Å². The molecule has 9 nitrogen and oxygen atoms in total. The zero-order chi connectivity index (χ0) is 32.1. The van der Waals surface area contributed by atoms with Crippen molar-refractivity contribution in [1.29, 1.82) is 0 Å². The molecular formula is C36H43N3O6. The number of nitrogens with zero attached hydrogens (tertiary/aromatic N) is 1. The molecule has 238 valence electrons. The summed E-state index contributed by atoms with van der Waals surface area (Å²) in [7, 11) is 0. The van der Waals surface area contributed by atoms with E-state index in [1.165, 1.54) is 0 Å². The minimum atomic E-state index is -1.23. The highest BCUT2D eigenvalue weighted by Gasteiger charge is 2.80. The Balaban J connectivity index is 1.38. The Morgan fingerprint density at radius 2 is 1.69 bits per heavy atom. The second-order valence-corrected chi connectivity index (χ2v) is 13.1. The number of rotatable bonds is 10. The van der Waals surface area contributed by atoms with Gasteiger partial charge in [-0.2, -0.15) is 0 Å². The molecule has 0 saturated carbocycles. The summed E-state index contributed by atoms with van der Waals surface area (Å²) < 4.78 is 12.4. The second kappa shape index (κ2) is 11.8. The van der Waals surface area contributed by atoms with Crippen LogP contribution in [0.2, 0.25) is 0 Å². The van der Waals surface area contributed by atoms with Crippen LogP contribution in [-0.2, 0) is 19.1 Å². The molecule has 0 aliphatic carbocycles. The molecule has 3 N–H and O–H groups in total. The van der Waals surface area contributed by atoms with E-state index in [9.17, 15) is 19.5 Å². The average molecular weight is 614 g/mol. The molecule has 3 fully saturated rings. The number of hydrogen-bond donors (Lipinski definition) is 3. The van der Waals surface area contributed by atoms with Crippen LogP contribution in [0.4, 0.5) is 11.4 Å². The average Bonchev–Trinajstić information content (AvgIpc) is 3.55. The number of likely N-dealkylation sites (tertiary alicyclic amines) is 1. The number of fused-ring (bicyclic) bond motifs is 2. The van der Waals surface area contributed by atoms with Crippen LogP contribution in [0.1, 0.15) is 47.5 Å². The van der Waals surface area contributed by atoms with Gasteiger partial charge >= 0.3 is 0 Å². The van der Waals surface area contributed by atoms with E-state index < -0.39 is 35.1 Å². The van der Waals surface area contributed by atoms with Crippen LogP contribution in [0.3, 0.4) is 0 Å². The Kier molecular flexibility index (Phi) is 8.12. The molecular weight excluding hydrogens is 570 g/mol. The number of carbonyl (C=O) groups excluding carboxylic acids is 3. The van der Waals surface area contributed by atoms with Crippen molar-refractivity contribution in [3.63, 3.8) is 0 Å². The number of benzene rings is 3. The molecule has 45 heavy (non-hydrogen) atoms. The molecule has 3 aliphatic rings. The smallest absolute Gasteiger partial charge is 0.250 e. The molecule has 1 spiro atoms. The lowest BCUT2D eigenvalue weighted by Crippen LogP contribution is -2.57. The maximum absolute atomic E-state index is 14.6. The lowest BCUT2D eigenvalue weighted by Gasteiger charge is -2.39. The normalized spacial score (nSPS) is 29.8. The number of carbonyl (C=O) groups is 3. The van der Waals surface area contributed by atoms with E-state index in [2.05, 4.69) is 10.6 Å². The van der Waals surface area contributed by atoms with Crippen LogP contribution in [-0.4, -0.2) is 64.2 Å². The molecule has 3 aromatic carbocycles. The van der Waals surface area contributed by atoms with E-state index in [-0.39, 0.29) is 36.2 Å². The van der Waals surface area contributed by atoms with E-state index in [1.807, 2.05) is 77.1 Å². The Labute approximate surface area is 264 Å². The third-order valence-electron chi connectivity index (χ3n) is 10.6. The SMILES string of the molecule is CCOc1ccc(NC(=O)[C@H]2[C@H]3C(=O)N([C@@H](CO)[C@@H](C)CC)C(C(=O)Nc4ccc5ccccc5c4)C34CC(C)[C@]2(C)O4)cc1. The first-order valence-electron chi connectivity index (χ1n) is 16.0. The Hall–Kier alpha value is -3.95. The van der Waals surface area contributed by atoms with E-state index in [1.54, 1.807) is 29.2 Å². The van der Waals surface area contributed by atoms with Gasteiger partial charge in [-0.25, -0.2) is 0 Å². The minimum absolute atomic E-state index is 0.0912. The van der Waals surface area contributed by atoms with Crippen molar-refractivity contribution in [2.75, 3.05) is 23.8 Å². The molecule has 3 heterocycles. The molecule has 0 radical (unpaired) electrons. The van der Waals surface area contributed by atoms with Crippen molar-refractivity contribution < 1.29 is 29.0 Å². The summed E-state index contributed by atoms with van der Waals surface area (Å²) in [4.78, 5) is 44.8. The van der Waals surface area contributed by atoms with Gasteiger partial charge in [0, 0.05) is 11.4 Å². The van der Waals surface area contributed by atoms with Crippen molar-refractivity contribution in [3.8, 4) is 5.75 Å². The summed E-state index contributed by atoms with van der Waals surface area (Å²) in [6, 6.07) is 19.1. The van der Waals surface area contributed by atoms with Gasteiger partial charge in [-0.3, -0.25) is 14.4 Å². The van der Waals surface area contributed by atoms with Gasteiger partial charge in [0.1, 0.15) is 17.4 Å². The first-order valence-corrected chi connectivity index (χ1v) is 16.0. The predicted octanol–water partition coefficient (Wildman–Crippen LogP) is 5.23. The molecule has 2 bridgehead atoms. The third kappa shape index (κ3) is 4.97. The molecule has 3 aromatic rings. The first kappa shape index (κ1) is 31.0. The van der Waals surface area contributed by atoms with E-state index in [4.69, 9.17) is 9.47 Å². The molecule has 6 rings (SSSR count). The molecule has 3 amide bonds. The fourth-order valence-corrected chi connectivity index (χ4v) is 8.05. The van der Waals surface area contributed by atoms with Gasteiger partial charge in [0.25, 0.3) is 0 Å². The summed E-state index contributed by atoms with van der Waals surface area (Å²) in [5, 5.41) is 18.7. The Morgan fingerprint density at radius 1 is 1.02 bits per heavy atom. The van der Waals surface area contributed by atoms with Crippen LogP contribution in [0.15, 0.2) is 66.7 Å². The van der Waals surface area contributed by atoms with E-state index in [0.29, 0.717) is 36.6 Å². The maximum atomic E-state index is 14.6. The summed E-state index contributed by atoms with van der Waals surface area (Å²) >= 11 is 0. The van der Waals surface area contributed by atoms with Crippen molar-refractivity contribution in [3.05, 3.63) is 66.7 Å². The Bertz CT molecular complexity index is 1610.